The largest absolute Gasteiger partial charge is 0.612 e. The quantitative estimate of drug-likeness (QED) is 0.696. The predicted molar refractivity (Wildman–Crippen MR) is 94.5 cm³/mol. The minimum Gasteiger partial charge on any atom is -0.612 e. The van der Waals surface area contributed by atoms with Gasteiger partial charge in [-0.25, -0.2) is 0 Å². The molecule has 2 N–H and O–H groups in total. The number of hydrogen-bond acceptors (Lipinski definition) is 5. The van der Waals surface area contributed by atoms with Crippen LogP contribution < -0.4 is 10.5 Å². The Kier molecular flexibility index (Phi) is 4.99. The van der Waals surface area contributed by atoms with E-state index >= 15 is 0 Å². The third-order valence-electron chi connectivity index (χ3n) is 3.48. The average molecular weight is 363 g/mol. The zero-order chi connectivity index (χ0) is 17.1. The Hall–Kier alpha value is -2.15. The van der Waals surface area contributed by atoms with E-state index in [1.165, 1.54) is 6.26 Å². The lowest BCUT2D eigenvalue weighted by Crippen LogP contribution is -2.00. The van der Waals surface area contributed by atoms with Gasteiger partial charge in [-0.05, 0) is 47.6 Å². The second kappa shape index (κ2) is 7.17. The molecule has 0 aliphatic rings. The van der Waals surface area contributed by atoms with Gasteiger partial charge in [0.05, 0.1) is 5.02 Å². The minimum absolute atomic E-state index is 0.320. The molecule has 24 heavy (non-hydrogen) atoms. The van der Waals surface area contributed by atoms with E-state index in [0.717, 1.165) is 11.1 Å². The first-order valence-electron chi connectivity index (χ1n) is 7.09. The van der Waals surface area contributed by atoms with Crippen LogP contribution in [0.25, 0.3) is 11.3 Å². The van der Waals surface area contributed by atoms with E-state index in [2.05, 4.69) is 5.16 Å². The molecule has 5 nitrogen and oxygen atoms in total. The zero-order valence-corrected chi connectivity index (χ0v) is 14.4. The van der Waals surface area contributed by atoms with Crippen LogP contribution in [0.15, 0.2) is 58.1 Å². The van der Waals surface area contributed by atoms with E-state index in [9.17, 15) is 4.55 Å². The molecule has 0 aliphatic heterocycles. The number of benzene rings is 2. The summed E-state index contributed by atoms with van der Waals surface area (Å²) >= 11 is 5.15. The van der Waals surface area contributed by atoms with Gasteiger partial charge < -0.3 is 19.5 Å². The molecular formula is C17H15ClN2O3S. The van der Waals surface area contributed by atoms with Crippen molar-refractivity contribution in [2.45, 2.75) is 11.5 Å². The van der Waals surface area contributed by atoms with Crippen molar-refractivity contribution in [1.82, 2.24) is 5.16 Å². The molecule has 0 saturated heterocycles. The summed E-state index contributed by atoms with van der Waals surface area (Å²) in [6.07, 6.45) is 3.01. The second-order valence-corrected chi connectivity index (χ2v) is 6.93. The molecule has 1 atom stereocenters. The van der Waals surface area contributed by atoms with Crippen molar-refractivity contribution in [2.75, 3.05) is 12.0 Å². The van der Waals surface area contributed by atoms with E-state index in [1.54, 1.807) is 18.4 Å². The van der Waals surface area contributed by atoms with Crippen molar-refractivity contribution < 1.29 is 13.8 Å². The lowest BCUT2D eigenvalue weighted by molar-refractivity contribution is 0.306. The third-order valence-corrected chi connectivity index (χ3v) is 4.75. The summed E-state index contributed by atoms with van der Waals surface area (Å²) in [7, 11) is 0. The van der Waals surface area contributed by atoms with Crippen LogP contribution in [0.5, 0.6) is 5.75 Å². The molecule has 0 radical (unpaired) electrons. The molecule has 0 bridgehead atoms. The van der Waals surface area contributed by atoms with Crippen LogP contribution in [0.2, 0.25) is 5.02 Å². The highest BCUT2D eigenvalue weighted by Crippen LogP contribution is 2.27. The molecule has 1 aromatic heterocycles. The molecule has 0 amide bonds. The molecule has 2 aromatic carbocycles. The molecule has 124 valence electrons. The predicted octanol–water partition coefficient (Wildman–Crippen LogP) is 3.89. The fourth-order valence-corrected chi connectivity index (χ4v) is 3.00. The fraction of sp³-hybridized carbons (Fsp3) is 0.118. The van der Waals surface area contributed by atoms with Gasteiger partial charge in [0.25, 0.3) is 0 Å². The van der Waals surface area contributed by atoms with Crippen LogP contribution in [-0.2, 0) is 17.8 Å². The number of ether oxygens (including phenoxy) is 1. The van der Waals surface area contributed by atoms with E-state index in [0.29, 0.717) is 33.7 Å². The lowest BCUT2D eigenvalue weighted by atomic mass is 10.1. The van der Waals surface area contributed by atoms with E-state index in [1.807, 2.05) is 30.3 Å². The highest BCUT2D eigenvalue weighted by molar-refractivity contribution is 7.90. The third kappa shape index (κ3) is 3.67. The molecule has 0 aliphatic carbocycles. The van der Waals surface area contributed by atoms with Gasteiger partial charge in [-0.3, -0.25) is 0 Å². The van der Waals surface area contributed by atoms with Crippen molar-refractivity contribution in [1.29, 1.82) is 0 Å². The van der Waals surface area contributed by atoms with Gasteiger partial charge in [0.1, 0.15) is 36.3 Å². The molecule has 1 heterocycles. The molecule has 0 fully saturated rings. The first kappa shape index (κ1) is 16.7. The van der Waals surface area contributed by atoms with Gasteiger partial charge in [0.15, 0.2) is 4.90 Å². The SMILES string of the molecule is C[S+]([O-])c1ccc(COc2ccc(-c3nocc3N)cc2)c(Cl)c1. The van der Waals surface area contributed by atoms with Crippen LogP contribution >= 0.6 is 11.6 Å². The van der Waals surface area contributed by atoms with Gasteiger partial charge in [-0.15, -0.1) is 0 Å². The van der Waals surface area contributed by atoms with Crippen LogP contribution in [-0.4, -0.2) is 16.0 Å². The number of anilines is 1. The number of nitrogens with zero attached hydrogens (tertiary/aromatic N) is 1. The monoisotopic (exact) mass is 362 g/mol. The normalized spacial score (nSPS) is 12.1. The first-order chi connectivity index (χ1) is 11.5. The number of hydrogen-bond donors (Lipinski definition) is 1. The molecule has 1 unspecified atom stereocenters. The Bertz CT molecular complexity index is 834. The van der Waals surface area contributed by atoms with Gasteiger partial charge >= 0.3 is 0 Å². The number of nitrogens with two attached hydrogens (primary N) is 1. The smallest absolute Gasteiger partial charge is 0.153 e. The number of nitrogen functional groups attached to an aromatic ring is 1. The summed E-state index contributed by atoms with van der Waals surface area (Å²) in [5, 5.41) is 4.40. The van der Waals surface area contributed by atoms with Crippen molar-refractivity contribution in [3.05, 3.63) is 59.3 Å². The Morgan fingerprint density at radius 2 is 2.00 bits per heavy atom. The highest BCUT2D eigenvalue weighted by Gasteiger charge is 2.10. The maximum Gasteiger partial charge on any atom is 0.153 e. The van der Waals surface area contributed by atoms with Crippen LogP contribution in [0.3, 0.4) is 0 Å². The van der Waals surface area contributed by atoms with Gasteiger partial charge in [0, 0.05) is 17.2 Å². The topological polar surface area (TPSA) is 84.3 Å². The van der Waals surface area contributed by atoms with E-state index in [4.69, 9.17) is 26.6 Å². The van der Waals surface area contributed by atoms with Crippen molar-refractivity contribution in [2.24, 2.45) is 0 Å². The highest BCUT2D eigenvalue weighted by atomic mass is 35.5. The first-order valence-corrected chi connectivity index (χ1v) is 9.03. The molecule has 3 rings (SSSR count). The Balaban J connectivity index is 1.68. The minimum atomic E-state index is -1.06. The van der Waals surface area contributed by atoms with Gasteiger partial charge in [-0.1, -0.05) is 16.8 Å². The Labute approximate surface area is 147 Å². The summed E-state index contributed by atoms with van der Waals surface area (Å²) in [6, 6.07) is 12.7. The Morgan fingerprint density at radius 1 is 1.25 bits per heavy atom. The van der Waals surface area contributed by atoms with Crippen molar-refractivity contribution in [3.8, 4) is 17.0 Å². The van der Waals surface area contributed by atoms with Crippen molar-refractivity contribution >= 4 is 28.5 Å². The summed E-state index contributed by atoms with van der Waals surface area (Å²) in [5.74, 6) is 0.694. The Morgan fingerprint density at radius 3 is 2.58 bits per heavy atom. The average Bonchev–Trinajstić information content (AvgIpc) is 3.00. The summed E-state index contributed by atoms with van der Waals surface area (Å²) in [6.45, 7) is 0.320. The van der Waals surface area contributed by atoms with Crippen LogP contribution in [0.1, 0.15) is 5.56 Å². The maximum absolute atomic E-state index is 11.4. The van der Waals surface area contributed by atoms with E-state index < -0.39 is 11.2 Å². The molecular weight excluding hydrogens is 348 g/mol. The van der Waals surface area contributed by atoms with Crippen LogP contribution in [0.4, 0.5) is 5.69 Å². The zero-order valence-electron chi connectivity index (χ0n) is 12.9. The number of aromatic nitrogens is 1. The molecule has 0 spiro atoms. The lowest BCUT2D eigenvalue weighted by Gasteiger charge is -2.10. The summed E-state index contributed by atoms with van der Waals surface area (Å²) in [4.78, 5) is 0.693. The van der Waals surface area contributed by atoms with Gasteiger partial charge in [0.2, 0.25) is 0 Å². The maximum atomic E-state index is 11.4. The molecule has 7 heteroatoms. The fourth-order valence-electron chi connectivity index (χ4n) is 2.16. The number of halogens is 1. The van der Waals surface area contributed by atoms with Crippen molar-refractivity contribution in [3.63, 3.8) is 0 Å². The molecule has 3 aromatic rings. The standard InChI is InChI=1S/C17H15ClN2O3S/c1-24(21)14-7-4-12(15(18)8-14)9-22-13-5-2-11(3-6-13)17-16(19)10-23-20-17/h2-8,10H,9,19H2,1H3. The van der Waals surface area contributed by atoms with Crippen LogP contribution in [0, 0.1) is 0 Å². The van der Waals surface area contributed by atoms with E-state index in [-0.39, 0.29) is 0 Å². The second-order valence-electron chi connectivity index (χ2n) is 5.14. The molecule has 0 saturated carbocycles. The summed E-state index contributed by atoms with van der Waals surface area (Å²) < 4.78 is 22.0. The van der Waals surface area contributed by atoms with Gasteiger partial charge in [-0.2, -0.15) is 0 Å². The summed E-state index contributed by atoms with van der Waals surface area (Å²) in [5.41, 5.74) is 8.54. The number of rotatable bonds is 5.